The quantitative estimate of drug-likeness (QED) is 0.661. The highest BCUT2D eigenvalue weighted by molar-refractivity contribution is 6.05. The number of aromatic hydroxyl groups is 1. The highest BCUT2D eigenvalue weighted by Gasteiger charge is 2.18. The average Bonchev–Trinajstić information content (AvgIpc) is 3.08. The van der Waals surface area contributed by atoms with Crippen molar-refractivity contribution in [3.8, 4) is 23.4 Å². The largest absolute Gasteiger partial charge is 0.493 e. The number of anilines is 1. The van der Waals surface area contributed by atoms with Gasteiger partial charge in [0, 0.05) is 5.69 Å². The first-order valence-electron chi connectivity index (χ1n) is 8.90. The fourth-order valence-electron chi connectivity index (χ4n) is 2.55. The zero-order chi connectivity index (χ0) is 21.0. The van der Waals surface area contributed by atoms with Gasteiger partial charge in [-0.05, 0) is 48.4 Å². The van der Waals surface area contributed by atoms with Gasteiger partial charge in [0.25, 0.3) is 5.91 Å². The number of amides is 1. The van der Waals surface area contributed by atoms with Crippen LogP contribution < -0.4 is 10.1 Å². The molecule has 0 aliphatic carbocycles. The van der Waals surface area contributed by atoms with Gasteiger partial charge in [-0.1, -0.05) is 13.8 Å². The molecule has 0 saturated carbocycles. The number of nitrogens with zero attached hydrogens (tertiary/aromatic N) is 3. The third-order valence-electron chi connectivity index (χ3n) is 3.99. The van der Waals surface area contributed by atoms with Crippen LogP contribution in [0.15, 0.2) is 48.7 Å². The molecular weight excluding hydrogens is 375 g/mol. The van der Waals surface area contributed by atoms with E-state index in [1.54, 1.807) is 12.1 Å². The lowest BCUT2D eigenvalue weighted by Gasteiger charge is -2.11. The fraction of sp³-hybridized carbons (Fsp3) is 0.190. The molecule has 3 rings (SSSR count). The van der Waals surface area contributed by atoms with Crippen LogP contribution in [0.3, 0.4) is 0 Å². The Balaban J connectivity index is 1.78. The smallest absolute Gasteiger partial charge is 0.262 e. The average molecular weight is 394 g/mol. The van der Waals surface area contributed by atoms with Gasteiger partial charge in [-0.15, -0.1) is 0 Å². The Kier molecular flexibility index (Phi) is 5.79. The lowest BCUT2D eigenvalue weighted by atomic mass is 10.2. The molecular formula is C21H19FN4O3. The van der Waals surface area contributed by atoms with Crippen molar-refractivity contribution in [2.75, 3.05) is 11.9 Å². The minimum Gasteiger partial charge on any atom is -0.493 e. The monoisotopic (exact) mass is 394 g/mol. The minimum absolute atomic E-state index is 0.0621. The van der Waals surface area contributed by atoms with Crippen LogP contribution in [-0.4, -0.2) is 27.4 Å². The van der Waals surface area contributed by atoms with Crippen LogP contribution in [0.5, 0.6) is 11.6 Å². The molecule has 1 heterocycles. The SMILES string of the molecule is CC(C)COc1ccc(NC(=O)c2cnn(-c3ccc(F)cc3)c2O)cc1C#N. The summed E-state index contributed by atoms with van der Waals surface area (Å²) in [6.45, 7) is 4.47. The lowest BCUT2D eigenvalue weighted by Crippen LogP contribution is -2.12. The second-order valence-electron chi connectivity index (χ2n) is 6.75. The summed E-state index contributed by atoms with van der Waals surface area (Å²) in [5.74, 6) is -0.665. The van der Waals surface area contributed by atoms with Crippen molar-refractivity contribution in [3.05, 3.63) is 65.6 Å². The van der Waals surface area contributed by atoms with Crippen LogP contribution in [-0.2, 0) is 0 Å². The van der Waals surface area contributed by atoms with E-state index in [-0.39, 0.29) is 17.0 Å². The Hall–Kier alpha value is -3.86. The van der Waals surface area contributed by atoms with Gasteiger partial charge < -0.3 is 15.2 Å². The molecule has 3 aromatic rings. The molecule has 0 radical (unpaired) electrons. The lowest BCUT2D eigenvalue weighted by molar-refractivity contribution is 0.102. The molecule has 0 unspecified atom stereocenters. The van der Waals surface area contributed by atoms with Crippen molar-refractivity contribution in [1.29, 1.82) is 5.26 Å². The molecule has 2 aromatic carbocycles. The number of benzene rings is 2. The molecule has 8 heteroatoms. The summed E-state index contributed by atoms with van der Waals surface area (Å²) in [5.41, 5.74) is 1.00. The van der Waals surface area contributed by atoms with Crippen LogP contribution in [0.1, 0.15) is 29.8 Å². The zero-order valence-electron chi connectivity index (χ0n) is 15.9. The van der Waals surface area contributed by atoms with Crippen molar-refractivity contribution < 1.29 is 19.0 Å². The normalized spacial score (nSPS) is 10.6. The van der Waals surface area contributed by atoms with E-state index in [0.717, 1.165) is 4.68 Å². The second-order valence-corrected chi connectivity index (χ2v) is 6.75. The molecule has 0 fully saturated rings. The Morgan fingerprint density at radius 2 is 2.03 bits per heavy atom. The molecule has 7 nitrogen and oxygen atoms in total. The molecule has 0 aliphatic rings. The van der Waals surface area contributed by atoms with Gasteiger partial charge in [0.15, 0.2) is 0 Å². The number of halogens is 1. The topological polar surface area (TPSA) is 100 Å². The molecule has 0 bridgehead atoms. The van der Waals surface area contributed by atoms with Gasteiger partial charge in [-0.25, -0.2) is 9.07 Å². The number of aromatic nitrogens is 2. The summed E-state index contributed by atoms with van der Waals surface area (Å²) in [6, 6.07) is 12.1. The van der Waals surface area contributed by atoms with Crippen molar-refractivity contribution in [2.24, 2.45) is 5.92 Å². The Bertz CT molecular complexity index is 1070. The third-order valence-corrected chi connectivity index (χ3v) is 3.99. The van der Waals surface area contributed by atoms with Crippen LogP contribution in [0.4, 0.5) is 10.1 Å². The molecule has 148 valence electrons. The summed E-state index contributed by atoms with van der Waals surface area (Å²) >= 11 is 0. The molecule has 0 aliphatic heterocycles. The minimum atomic E-state index is -0.601. The van der Waals surface area contributed by atoms with Crippen LogP contribution in [0.25, 0.3) is 5.69 Å². The second kappa shape index (κ2) is 8.44. The maximum atomic E-state index is 13.1. The van der Waals surface area contributed by atoms with Crippen molar-refractivity contribution in [1.82, 2.24) is 9.78 Å². The number of hydrogen-bond acceptors (Lipinski definition) is 5. The zero-order valence-corrected chi connectivity index (χ0v) is 15.9. The van der Waals surface area contributed by atoms with Crippen LogP contribution in [0.2, 0.25) is 0 Å². The molecule has 1 aromatic heterocycles. The molecule has 2 N–H and O–H groups in total. The van der Waals surface area contributed by atoms with E-state index in [9.17, 15) is 19.6 Å². The first kappa shape index (κ1) is 19.9. The maximum absolute atomic E-state index is 13.1. The van der Waals surface area contributed by atoms with E-state index in [1.165, 1.54) is 36.5 Å². The first-order valence-corrected chi connectivity index (χ1v) is 8.90. The number of rotatable bonds is 6. The Morgan fingerprint density at radius 1 is 1.31 bits per heavy atom. The molecule has 29 heavy (non-hydrogen) atoms. The van der Waals surface area contributed by atoms with E-state index in [1.807, 2.05) is 19.9 Å². The number of carbonyl (C=O) groups is 1. The highest BCUT2D eigenvalue weighted by atomic mass is 19.1. The van der Waals surface area contributed by atoms with Crippen LogP contribution in [0, 0.1) is 23.1 Å². The number of hydrogen-bond donors (Lipinski definition) is 2. The van der Waals surface area contributed by atoms with Crippen molar-refractivity contribution >= 4 is 11.6 Å². The molecule has 0 saturated heterocycles. The standard InChI is InChI=1S/C21H19FN4O3/c1-13(2)12-29-19-8-5-16(9-14(19)10-23)25-20(27)18-11-24-26(21(18)28)17-6-3-15(22)4-7-17/h3-9,11,13,28H,12H2,1-2H3,(H,25,27). The summed E-state index contributed by atoms with van der Waals surface area (Å²) in [4.78, 5) is 12.5. The Labute approximate surface area is 167 Å². The summed E-state index contributed by atoms with van der Waals surface area (Å²) in [7, 11) is 0. The number of ether oxygens (including phenoxy) is 1. The van der Waals surface area contributed by atoms with E-state index < -0.39 is 11.7 Å². The van der Waals surface area contributed by atoms with Gasteiger partial charge in [-0.3, -0.25) is 4.79 Å². The van der Waals surface area contributed by atoms with E-state index in [2.05, 4.69) is 10.4 Å². The van der Waals surface area contributed by atoms with E-state index in [0.29, 0.717) is 29.6 Å². The number of nitriles is 1. The molecule has 0 spiro atoms. The summed E-state index contributed by atoms with van der Waals surface area (Å²) in [5, 5.41) is 26.3. The van der Waals surface area contributed by atoms with Crippen LogP contribution >= 0.6 is 0 Å². The molecule has 1 amide bonds. The van der Waals surface area contributed by atoms with Gasteiger partial charge in [-0.2, -0.15) is 10.4 Å². The summed E-state index contributed by atoms with van der Waals surface area (Å²) < 4.78 is 19.8. The molecule has 0 atom stereocenters. The van der Waals surface area contributed by atoms with Gasteiger partial charge in [0.05, 0.1) is 24.1 Å². The maximum Gasteiger partial charge on any atom is 0.262 e. The highest BCUT2D eigenvalue weighted by Crippen LogP contribution is 2.25. The predicted molar refractivity (Wildman–Crippen MR) is 105 cm³/mol. The first-order chi connectivity index (χ1) is 13.9. The van der Waals surface area contributed by atoms with Gasteiger partial charge >= 0.3 is 0 Å². The Morgan fingerprint density at radius 3 is 2.69 bits per heavy atom. The fourth-order valence-corrected chi connectivity index (χ4v) is 2.55. The van der Waals surface area contributed by atoms with Gasteiger partial charge in [0.1, 0.15) is 23.2 Å². The van der Waals surface area contributed by atoms with Crippen molar-refractivity contribution in [3.63, 3.8) is 0 Å². The van der Waals surface area contributed by atoms with E-state index >= 15 is 0 Å². The third kappa shape index (κ3) is 4.52. The van der Waals surface area contributed by atoms with Crippen molar-refractivity contribution in [2.45, 2.75) is 13.8 Å². The van der Waals surface area contributed by atoms with Gasteiger partial charge in [0.2, 0.25) is 5.88 Å². The predicted octanol–water partition coefficient (Wildman–Crippen LogP) is 3.88. The van der Waals surface area contributed by atoms with E-state index in [4.69, 9.17) is 4.74 Å². The summed E-state index contributed by atoms with van der Waals surface area (Å²) in [6.07, 6.45) is 1.21. The number of nitrogens with one attached hydrogen (secondary N) is 1. The number of carbonyl (C=O) groups excluding carboxylic acids is 1.